The van der Waals surface area contributed by atoms with Crippen molar-refractivity contribution >= 4 is 17.7 Å². The SMILES string of the molecule is CC#CCCC(=O)/C=C/[C@@H]1[C@H]2C[C@H](CCCCC(=O)OC)O[C@H]2C[C@H]1OC(C)=O. The topological polar surface area (TPSA) is 78.9 Å². The van der Waals surface area contributed by atoms with Gasteiger partial charge in [0.05, 0.1) is 19.3 Å². The van der Waals surface area contributed by atoms with Crippen molar-refractivity contribution in [3.63, 3.8) is 0 Å². The number of rotatable bonds is 10. The van der Waals surface area contributed by atoms with Gasteiger partial charge >= 0.3 is 11.9 Å². The van der Waals surface area contributed by atoms with Gasteiger partial charge in [-0.15, -0.1) is 11.8 Å². The van der Waals surface area contributed by atoms with Crippen molar-refractivity contribution in [1.82, 2.24) is 0 Å². The number of unbranched alkanes of at least 4 members (excludes halogenated alkanes) is 1. The summed E-state index contributed by atoms with van der Waals surface area (Å²) in [6.45, 7) is 3.17. The van der Waals surface area contributed by atoms with Crippen molar-refractivity contribution in [3.05, 3.63) is 12.2 Å². The van der Waals surface area contributed by atoms with Gasteiger partial charge < -0.3 is 14.2 Å². The lowest BCUT2D eigenvalue weighted by atomic mass is 9.89. The van der Waals surface area contributed by atoms with E-state index in [1.54, 1.807) is 13.0 Å². The summed E-state index contributed by atoms with van der Waals surface area (Å²) in [7, 11) is 1.40. The van der Waals surface area contributed by atoms with E-state index in [0.29, 0.717) is 25.7 Å². The van der Waals surface area contributed by atoms with Crippen LogP contribution in [0, 0.1) is 23.7 Å². The van der Waals surface area contributed by atoms with Crippen molar-refractivity contribution in [1.29, 1.82) is 0 Å². The van der Waals surface area contributed by atoms with Gasteiger partial charge in [-0.05, 0) is 38.2 Å². The second-order valence-electron chi connectivity index (χ2n) is 7.73. The number of hydrogen-bond acceptors (Lipinski definition) is 6. The molecule has 0 aromatic carbocycles. The van der Waals surface area contributed by atoms with Crippen molar-refractivity contribution in [2.75, 3.05) is 7.11 Å². The molecule has 1 aliphatic carbocycles. The molecule has 0 spiro atoms. The zero-order chi connectivity index (χ0) is 21.2. The molecule has 1 saturated carbocycles. The third-order valence-corrected chi connectivity index (χ3v) is 5.65. The lowest BCUT2D eigenvalue weighted by Crippen LogP contribution is -2.24. The zero-order valence-corrected chi connectivity index (χ0v) is 17.6. The van der Waals surface area contributed by atoms with Crippen LogP contribution >= 0.6 is 0 Å². The highest BCUT2D eigenvalue weighted by atomic mass is 16.6. The van der Waals surface area contributed by atoms with Gasteiger partial charge in [-0.2, -0.15) is 0 Å². The molecule has 2 rings (SSSR count). The Morgan fingerprint density at radius 2 is 1.97 bits per heavy atom. The predicted molar refractivity (Wildman–Crippen MR) is 108 cm³/mol. The van der Waals surface area contributed by atoms with Crippen LogP contribution < -0.4 is 0 Å². The number of fused-ring (bicyclic) bond motifs is 1. The highest BCUT2D eigenvalue weighted by Gasteiger charge is 2.49. The van der Waals surface area contributed by atoms with Crippen molar-refractivity contribution in [2.24, 2.45) is 11.8 Å². The van der Waals surface area contributed by atoms with E-state index in [1.165, 1.54) is 14.0 Å². The van der Waals surface area contributed by atoms with Crippen molar-refractivity contribution in [2.45, 2.75) is 83.5 Å². The molecule has 0 radical (unpaired) electrons. The number of carbonyl (C=O) groups excluding carboxylic acids is 3. The average Bonchev–Trinajstić information content (AvgIpc) is 3.20. The Hall–Kier alpha value is -2.13. The van der Waals surface area contributed by atoms with E-state index in [9.17, 15) is 14.4 Å². The number of esters is 2. The summed E-state index contributed by atoms with van der Waals surface area (Å²) >= 11 is 0. The molecular weight excluding hydrogens is 372 g/mol. The average molecular weight is 405 g/mol. The van der Waals surface area contributed by atoms with Gasteiger partial charge in [0.2, 0.25) is 0 Å². The first-order valence-electron chi connectivity index (χ1n) is 10.4. The van der Waals surface area contributed by atoms with E-state index in [0.717, 1.165) is 25.7 Å². The molecule has 2 fully saturated rings. The third-order valence-electron chi connectivity index (χ3n) is 5.65. The maximum absolute atomic E-state index is 12.1. The van der Waals surface area contributed by atoms with E-state index in [1.807, 2.05) is 6.08 Å². The Bertz CT molecular complexity index is 671. The molecule has 0 bridgehead atoms. The van der Waals surface area contributed by atoms with Crippen LogP contribution in [0.15, 0.2) is 12.2 Å². The molecule has 6 heteroatoms. The second kappa shape index (κ2) is 11.8. The lowest BCUT2D eigenvalue weighted by molar-refractivity contribution is -0.148. The molecule has 1 heterocycles. The van der Waals surface area contributed by atoms with Gasteiger partial charge in [0.1, 0.15) is 6.10 Å². The fourth-order valence-electron chi connectivity index (χ4n) is 4.30. The molecule has 0 aromatic rings. The molecule has 2 aliphatic rings. The molecule has 1 saturated heterocycles. The minimum absolute atomic E-state index is 0.00909. The smallest absolute Gasteiger partial charge is 0.305 e. The highest BCUT2D eigenvalue weighted by molar-refractivity contribution is 5.89. The van der Waals surface area contributed by atoms with Crippen LogP contribution in [-0.4, -0.2) is 43.1 Å². The Labute approximate surface area is 173 Å². The van der Waals surface area contributed by atoms with Crippen LogP contribution in [0.2, 0.25) is 0 Å². The molecule has 0 amide bonds. The van der Waals surface area contributed by atoms with Crippen LogP contribution in [0.25, 0.3) is 0 Å². The summed E-state index contributed by atoms with van der Waals surface area (Å²) < 4.78 is 16.4. The Kier molecular flexibility index (Phi) is 9.40. The largest absolute Gasteiger partial charge is 0.469 e. The minimum Gasteiger partial charge on any atom is -0.469 e. The molecule has 1 aliphatic heterocycles. The summed E-state index contributed by atoms with van der Waals surface area (Å²) in [5.74, 6) is 5.46. The second-order valence-corrected chi connectivity index (χ2v) is 7.73. The van der Waals surface area contributed by atoms with Crippen molar-refractivity contribution < 1.29 is 28.6 Å². The van der Waals surface area contributed by atoms with E-state index in [2.05, 4.69) is 16.6 Å². The Balaban J connectivity index is 1.90. The van der Waals surface area contributed by atoms with E-state index in [-0.39, 0.29) is 47.9 Å². The molecular formula is C23H32O6. The van der Waals surface area contributed by atoms with Gasteiger partial charge in [0.15, 0.2) is 5.78 Å². The summed E-state index contributed by atoms with van der Waals surface area (Å²) in [4.78, 5) is 34.8. The molecule has 0 aromatic heterocycles. The number of hydrogen-bond donors (Lipinski definition) is 0. The number of methoxy groups -OCH3 is 1. The van der Waals surface area contributed by atoms with Crippen molar-refractivity contribution in [3.8, 4) is 11.8 Å². The van der Waals surface area contributed by atoms with Crippen LogP contribution in [0.4, 0.5) is 0 Å². The van der Waals surface area contributed by atoms with Crippen LogP contribution in [0.5, 0.6) is 0 Å². The normalized spacial score (nSPS) is 27.9. The van der Waals surface area contributed by atoms with E-state index < -0.39 is 0 Å². The van der Waals surface area contributed by atoms with Crippen LogP contribution in [0.3, 0.4) is 0 Å². The molecule has 29 heavy (non-hydrogen) atoms. The number of carbonyl (C=O) groups is 3. The monoisotopic (exact) mass is 404 g/mol. The van der Waals surface area contributed by atoms with Gasteiger partial charge in [-0.3, -0.25) is 14.4 Å². The first-order chi connectivity index (χ1) is 13.9. The first kappa shape index (κ1) is 23.2. The molecule has 0 unspecified atom stereocenters. The van der Waals surface area contributed by atoms with Gasteiger partial charge in [0.25, 0.3) is 0 Å². The van der Waals surface area contributed by atoms with Crippen LogP contribution in [0.1, 0.15) is 65.2 Å². The van der Waals surface area contributed by atoms with E-state index in [4.69, 9.17) is 9.47 Å². The van der Waals surface area contributed by atoms with Gasteiger partial charge in [-0.25, -0.2) is 0 Å². The molecule has 5 atom stereocenters. The molecule has 0 N–H and O–H groups in total. The Morgan fingerprint density at radius 3 is 2.66 bits per heavy atom. The summed E-state index contributed by atoms with van der Waals surface area (Å²) in [5, 5.41) is 0. The first-order valence-corrected chi connectivity index (χ1v) is 10.4. The summed E-state index contributed by atoms with van der Waals surface area (Å²) in [6.07, 6.45) is 8.98. The number of ketones is 1. The standard InChI is InChI=1S/C23H32O6/c1-4-5-6-9-17(25)12-13-19-20-14-18(10-7-8-11-23(26)27-3)29-22(20)15-21(19)28-16(2)24/h12-13,18-22H,6-11,14-15H2,1-3H3/b13-12+/t18-,19+,20+,21+,22-/m0/s1. The minimum atomic E-state index is -0.308. The molecule has 160 valence electrons. The highest BCUT2D eigenvalue weighted by Crippen LogP contribution is 2.46. The lowest BCUT2D eigenvalue weighted by Gasteiger charge is -2.21. The fourth-order valence-corrected chi connectivity index (χ4v) is 4.30. The van der Waals surface area contributed by atoms with Gasteiger partial charge in [0, 0.05) is 38.5 Å². The maximum atomic E-state index is 12.1. The Morgan fingerprint density at radius 1 is 1.17 bits per heavy atom. The van der Waals surface area contributed by atoms with E-state index >= 15 is 0 Å². The zero-order valence-electron chi connectivity index (χ0n) is 17.6. The summed E-state index contributed by atoms with van der Waals surface area (Å²) in [6, 6.07) is 0. The summed E-state index contributed by atoms with van der Waals surface area (Å²) in [5.41, 5.74) is 0. The quantitative estimate of drug-likeness (QED) is 0.240. The third kappa shape index (κ3) is 7.32. The number of ether oxygens (including phenoxy) is 3. The number of allylic oxidation sites excluding steroid dienone is 1. The molecule has 6 nitrogen and oxygen atoms in total. The maximum Gasteiger partial charge on any atom is 0.305 e. The van der Waals surface area contributed by atoms with Crippen LogP contribution in [-0.2, 0) is 28.6 Å². The predicted octanol–water partition coefficient (Wildman–Crippen LogP) is 3.37. The fraction of sp³-hybridized carbons (Fsp3) is 0.696. The van der Waals surface area contributed by atoms with Gasteiger partial charge in [-0.1, -0.05) is 12.5 Å².